The second-order valence-electron chi connectivity index (χ2n) is 6.76. The second-order valence-corrected chi connectivity index (χ2v) is 6.76. The summed E-state index contributed by atoms with van der Waals surface area (Å²) in [4.78, 5) is 28.7. The van der Waals surface area contributed by atoms with E-state index in [4.69, 9.17) is 5.84 Å². The van der Waals surface area contributed by atoms with Crippen LogP contribution in [0.5, 0.6) is 0 Å². The molecular weight excluding hydrogens is 431 g/mol. The number of pyridine rings is 1. The molecule has 0 unspecified atom stereocenters. The third-order valence-electron chi connectivity index (χ3n) is 4.43. The highest BCUT2D eigenvalue weighted by atomic mass is 19.4. The lowest BCUT2D eigenvalue weighted by molar-refractivity contribution is -0.138. The molecule has 4 aromatic rings. The molecule has 1 amide bonds. The maximum atomic E-state index is 12.4. The fraction of sp³-hybridized carbons (Fsp3) is 0.235. The Morgan fingerprint density at radius 3 is 2.88 bits per heavy atom. The molecule has 0 aliphatic carbocycles. The number of amides is 1. The number of aromatic amines is 1. The monoisotopic (exact) mass is 447 g/mol. The number of anilines is 1. The number of alkyl halides is 3. The number of fused-ring (bicyclic) bond motifs is 1. The van der Waals surface area contributed by atoms with Crippen molar-refractivity contribution >= 4 is 22.8 Å². The molecule has 0 radical (unpaired) electrons. The van der Waals surface area contributed by atoms with Crippen LogP contribution >= 0.6 is 0 Å². The van der Waals surface area contributed by atoms with Crippen LogP contribution < -0.4 is 16.5 Å². The zero-order valence-corrected chi connectivity index (χ0v) is 16.4. The van der Waals surface area contributed by atoms with Crippen molar-refractivity contribution < 1.29 is 18.0 Å². The minimum atomic E-state index is -4.52. The van der Waals surface area contributed by atoms with Crippen molar-refractivity contribution in [3.05, 3.63) is 30.9 Å². The standard InChI is InChI=1S/C17H16F3N11O/c1-8(16(32)24-6-17(18,19)20)26-13-3-9(15-28-29-30-31(15)21)2-12(27-13)10-5-23-14-11(10)4-22-7-25-14/h2-5,7-8H,6,21H2,1H3,(H,24,32)(H,26,27)(H,22,23,25)/t8-/m0/s1. The number of carbonyl (C=O) groups is 1. The van der Waals surface area contributed by atoms with Crippen molar-refractivity contribution in [2.45, 2.75) is 19.1 Å². The fourth-order valence-corrected chi connectivity index (χ4v) is 2.95. The van der Waals surface area contributed by atoms with Gasteiger partial charge in [-0.15, -0.1) is 9.89 Å². The number of halogens is 3. The van der Waals surface area contributed by atoms with Crippen LogP contribution in [0, 0.1) is 0 Å². The van der Waals surface area contributed by atoms with Gasteiger partial charge in [0, 0.05) is 28.9 Å². The molecule has 4 heterocycles. The number of nitrogen functional groups attached to an aromatic ring is 1. The highest BCUT2D eigenvalue weighted by Gasteiger charge is 2.29. The van der Waals surface area contributed by atoms with Gasteiger partial charge in [0.15, 0.2) is 0 Å². The van der Waals surface area contributed by atoms with Gasteiger partial charge in [0.2, 0.25) is 11.7 Å². The summed E-state index contributed by atoms with van der Waals surface area (Å²) in [5.74, 6) is 5.31. The minimum Gasteiger partial charge on any atom is -0.359 e. The molecule has 0 spiro atoms. The first-order valence-electron chi connectivity index (χ1n) is 9.15. The van der Waals surface area contributed by atoms with Crippen LogP contribution in [-0.4, -0.2) is 64.9 Å². The lowest BCUT2D eigenvalue weighted by Gasteiger charge is -2.17. The number of H-pyrrole nitrogens is 1. The lowest BCUT2D eigenvalue weighted by atomic mass is 10.1. The number of carbonyl (C=O) groups excluding carboxylic acids is 1. The molecule has 166 valence electrons. The first-order chi connectivity index (χ1) is 15.2. The molecule has 0 aliphatic heterocycles. The third-order valence-corrected chi connectivity index (χ3v) is 4.43. The smallest absolute Gasteiger partial charge is 0.359 e. The van der Waals surface area contributed by atoms with Crippen LogP contribution in [0.25, 0.3) is 33.7 Å². The van der Waals surface area contributed by atoms with Crippen LogP contribution in [0.1, 0.15) is 6.92 Å². The summed E-state index contributed by atoms with van der Waals surface area (Å²) in [6.45, 7) is -0.0277. The molecule has 0 saturated heterocycles. The predicted octanol–water partition coefficient (Wildman–Crippen LogP) is 0.866. The van der Waals surface area contributed by atoms with Crippen molar-refractivity contribution in [2.75, 3.05) is 17.7 Å². The summed E-state index contributed by atoms with van der Waals surface area (Å²) < 4.78 is 37.2. The van der Waals surface area contributed by atoms with Gasteiger partial charge in [0.25, 0.3) is 0 Å². The van der Waals surface area contributed by atoms with E-state index in [1.165, 1.54) is 19.3 Å². The number of nitrogens with zero attached hydrogens (tertiary/aromatic N) is 7. The maximum absolute atomic E-state index is 12.4. The first-order valence-corrected chi connectivity index (χ1v) is 9.15. The number of nitrogens with one attached hydrogen (secondary N) is 3. The van der Waals surface area contributed by atoms with Crippen LogP contribution in [0.4, 0.5) is 19.0 Å². The molecule has 12 nitrogen and oxygen atoms in total. The zero-order chi connectivity index (χ0) is 22.9. The SMILES string of the molecule is C[C@H](Nc1cc(-c2nnnn2N)cc(-c2c[nH]c3ncncc23)n1)C(=O)NCC(F)(F)F. The average Bonchev–Trinajstić information content (AvgIpc) is 3.37. The van der Waals surface area contributed by atoms with Gasteiger partial charge in [0.1, 0.15) is 30.4 Å². The summed E-state index contributed by atoms with van der Waals surface area (Å²) in [6, 6.07) is 2.18. The Morgan fingerprint density at radius 2 is 2.16 bits per heavy atom. The van der Waals surface area contributed by atoms with Crippen LogP contribution in [0.2, 0.25) is 0 Å². The topological polar surface area (TPSA) is 165 Å². The van der Waals surface area contributed by atoms with Crippen LogP contribution in [0.3, 0.4) is 0 Å². The highest BCUT2D eigenvalue weighted by molar-refractivity contribution is 5.93. The molecule has 0 aliphatic rings. The van der Waals surface area contributed by atoms with Crippen molar-refractivity contribution in [3.8, 4) is 22.6 Å². The van der Waals surface area contributed by atoms with E-state index in [2.05, 4.69) is 40.8 Å². The third kappa shape index (κ3) is 4.40. The van der Waals surface area contributed by atoms with Gasteiger partial charge >= 0.3 is 6.18 Å². The Kier molecular flexibility index (Phi) is 5.29. The molecule has 5 N–H and O–H groups in total. The van der Waals surface area contributed by atoms with E-state index >= 15 is 0 Å². The minimum absolute atomic E-state index is 0.196. The average molecular weight is 447 g/mol. The first kappa shape index (κ1) is 21.0. The van der Waals surface area contributed by atoms with Gasteiger partial charge < -0.3 is 21.5 Å². The largest absolute Gasteiger partial charge is 0.405 e. The van der Waals surface area contributed by atoms with E-state index in [1.807, 2.05) is 5.32 Å². The van der Waals surface area contributed by atoms with Gasteiger partial charge in [-0.3, -0.25) is 4.79 Å². The Hall–Kier alpha value is -4.30. The number of hydrogen-bond acceptors (Lipinski definition) is 9. The Balaban J connectivity index is 1.70. The molecule has 0 bridgehead atoms. The molecule has 0 saturated carbocycles. The van der Waals surface area contributed by atoms with E-state index in [1.54, 1.807) is 18.5 Å². The number of rotatable bonds is 6. The molecule has 15 heteroatoms. The Labute approximate surface area is 177 Å². The van der Waals surface area contributed by atoms with Crippen molar-refractivity contribution in [3.63, 3.8) is 0 Å². The number of hydrogen-bond donors (Lipinski definition) is 4. The predicted molar refractivity (Wildman–Crippen MR) is 106 cm³/mol. The Bertz CT molecular complexity index is 1270. The molecule has 32 heavy (non-hydrogen) atoms. The fourth-order valence-electron chi connectivity index (χ4n) is 2.95. The van der Waals surface area contributed by atoms with Gasteiger partial charge in [-0.25, -0.2) is 15.0 Å². The van der Waals surface area contributed by atoms with E-state index in [-0.39, 0.29) is 11.6 Å². The summed E-state index contributed by atoms with van der Waals surface area (Å²) >= 11 is 0. The molecule has 0 aromatic carbocycles. The van der Waals surface area contributed by atoms with Crippen molar-refractivity contribution in [1.29, 1.82) is 0 Å². The summed E-state index contributed by atoms with van der Waals surface area (Å²) in [6.07, 6.45) is 0.162. The van der Waals surface area contributed by atoms with Crippen molar-refractivity contribution in [2.24, 2.45) is 0 Å². The number of aromatic nitrogens is 8. The van der Waals surface area contributed by atoms with E-state index < -0.39 is 24.7 Å². The van der Waals surface area contributed by atoms with Crippen LogP contribution in [-0.2, 0) is 4.79 Å². The number of tetrazole rings is 1. The zero-order valence-electron chi connectivity index (χ0n) is 16.4. The molecule has 4 rings (SSSR count). The summed E-state index contributed by atoms with van der Waals surface area (Å²) in [5.41, 5.74) is 2.13. The molecule has 4 aromatic heterocycles. The lowest BCUT2D eigenvalue weighted by Crippen LogP contribution is -2.42. The quantitative estimate of drug-likeness (QED) is 0.314. The van der Waals surface area contributed by atoms with Gasteiger partial charge in [-0.05, 0) is 29.5 Å². The van der Waals surface area contributed by atoms with E-state index in [9.17, 15) is 18.0 Å². The molecular formula is C17H16F3N11O. The van der Waals surface area contributed by atoms with E-state index in [0.717, 1.165) is 4.79 Å². The van der Waals surface area contributed by atoms with Crippen molar-refractivity contribution in [1.82, 2.24) is 45.6 Å². The van der Waals surface area contributed by atoms with Gasteiger partial charge in [-0.1, -0.05) is 0 Å². The maximum Gasteiger partial charge on any atom is 0.405 e. The summed E-state index contributed by atoms with van der Waals surface area (Å²) in [5, 5.41) is 16.3. The van der Waals surface area contributed by atoms with E-state index in [0.29, 0.717) is 27.9 Å². The normalized spacial score (nSPS) is 12.6. The molecule has 1 atom stereocenters. The Morgan fingerprint density at radius 1 is 1.34 bits per heavy atom. The molecule has 0 fully saturated rings. The number of nitrogens with two attached hydrogens (primary N) is 1. The van der Waals surface area contributed by atoms with Gasteiger partial charge in [-0.2, -0.15) is 13.2 Å². The van der Waals surface area contributed by atoms with Gasteiger partial charge in [0.05, 0.1) is 5.69 Å². The highest BCUT2D eigenvalue weighted by Crippen LogP contribution is 2.30. The van der Waals surface area contributed by atoms with Crippen LogP contribution in [0.15, 0.2) is 30.9 Å². The summed E-state index contributed by atoms with van der Waals surface area (Å²) in [7, 11) is 0. The second kappa shape index (κ2) is 8.09.